The van der Waals surface area contributed by atoms with Crippen LogP contribution in [0.25, 0.3) is 11.2 Å². The first-order chi connectivity index (χ1) is 9.16. The van der Waals surface area contributed by atoms with Crippen molar-refractivity contribution in [3.8, 4) is 0 Å². The van der Waals surface area contributed by atoms with Crippen molar-refractivity contribution >= 4 is 17.0 Å². The molecule has 0 amide bonds. The molecule has 0 aliphatic heterocycles. The number of anilines is 1. The molecule has 0 saturated carbocycles. The molecule has 0 spiro atoms. The summed E-state index contributed by atoms with van der Waals surface area (Å²) in [7, 11) is 1.97. The second-order valence-corrected chi connectivity index (χ2v) is 4.46. The van der Waals surface area contributed by atoms with Crippen LogP contribution >= 0.6 is 0 Å². The molecule has 0 bridgehead atoms. The van der Waals surface area contributed by atoms with E-state index in [2.05, 4.69) is 25.1 Å². The summed E-state index contributed by atoms with van der Waals surface area (Å²) in [5.74, 6) is 1.64. The maximum Gasteiger partial charge on any atom is 0.182 e. The molecule has 0 aliphatic rings. The molecule has 0 aromatic carbocycles. The zero-order valence-corrected chi connectivity index (χ0v) is 11.0. The Morgan fingerprint density at radius 2 is 2.11 bits per heavy atom. The number of nitrogens with one attached hydrogen (secondary N) is 1. The predicted molar refractivity (Wildman–Crippen MR) is 69.8 cm³/mol. The molecule has 1 N–H and O–H groups in total. The second-order valence-electron chi connectivity index (χ2n) is 4.46. The summed E-state index contributed by atoms with van der Waals surface area (Å²) in [5.41, 5.74) is 3.47. The van der Waals surface area contributed by atoms with E-state index < -0.39 is 0 Å². The first-order valence-corrected chi connectivity index (χ1v) is 5.93. The lowest BCUT2D eigenvalue weighted by Gasteiger charge is -2.17. The lowest BCUT2D eigenvalue weighted by molar-refractivity contribution is 0.392. The van der Waals surface area contributed by atoms with Gasteiger partial charge in [-0.15, -0.1) is 0 Å². The van der Waals surface area contributed by atoms with E-state index in [1.165, 1.54) is 6.33 Å². The van der Waals surface area contributed by atoms with Crippen LogP contribution in [0.3, 0.4) is 0 Å². The van der Waals surface area contributed by atoms with Gasteiger partial charge in [0.05, 0.1) is 12.0 Å². The van der Waals surface area contributed by atoms with E-state index in [9.17, 15) is 0 Å². The smallest absolute Gasteiger partial charge is 0.182 e. The molecule has 3 aromatic rings. The Morgan fingerprint density at radius 1 is 1.26 bits per heavy atom. The summed E-state index contributed by atoms with van der Waals surface area (Å²) in [4.78, 5) is 17.6. The lowest BCUT2D eigenvalue weighted by Crippen LogP contribution is -2.19. The number of H-pyrrole nitrogens is 1. The highest BCUT2D eigenvalue weighted by molar-refractivity contribution is 5.82. The predicted octanol–water partition coefficient (Wildman–Crippen LogP) is 1.59. The number of imidazole rings is 1. The van der Waals surface area contributed by atoms with E-state index in [1.807, 2.05) is 25.8 Å². The molecule has 7 heteroatoms. The van der Waals surface area contributed by atoms with Crippen molar-refractivity contribution in [2.75, 3.05) is 11.9 Å². The molecular weight excluding hydrogens is 244 g/mol. The fourth-order valence-corrected chi connectivity index (χ4v) is 2.08. The van der Waals surface area contributed by atoms with Crippen LogP contribution in [0.2, 0.25) is 0 Å². The maximum atomic E-state index is 5.17. The van der Waals surface area contributed by atoms with Crippen molar-refractivity contribution in [2.45, 2.75) is 20.4 Å². The number of nitrogens with zero attached hydrogens (tertiary/aromatic N) is 5. The Morgan fingerprint density at radius 3 is 2.84 bits per heavy atom. The van der Waals surface area contributed by atoms with Crippen LogP contribution in [-0.2, 0) is 6.54 Å². The average Bonchev–Trinajstić information content (AvgIpc) is 2.99. The number of aromatic amines is 1. The normalized spacial score (nSPS) is 11.1. The number of aromatic nitrogens is 5. The first kappa shape index (κ1) is 11.6. The van der Waals surface area contributed by atoms with Crippen molar-refractivity contribution in [3.05, 3.63) is 29.7 Å². The monoisotopic (exact) mass is 258 g/mol. The zero-order valence-electron chi connectivity index (χ0n) is 11.0. The van der Waals surface area contributed by atoms with E-state index in [0.29, 0.717) is 12.2 Å². The molecule has 3 rings (SSSR count). The van der Waals surface area contributed by atoms with Gasteiger partial charge >= 0.3 is 0 Å². The third-order valence-corrected chi connectivity index (χ3v) is 3.14. The van der Waals surface area contributed by atoms with Crippen LogP contribution in [0.1, 0.15) is 17.0 Å². The fourth-order valence-electron chi connectivity index (χ4n) is 2.08. The van der Waals surface area contributed by atoms with Gasteiger partial charge in [0.2, 0.25) is 0 Å². The molecule has 0 aliphatic carbocycles. The molecule has 0 radical (unpaired) electrons. The number of aryl methyl sites for hydroxylation is 2. The highest BCUT2D eigenvalue weighted by atomic mass is 16.5. The molecule has 7 nitrogen and oxygen atoms in total. The fraction of sp³-hybridized carbons (Fsp3) is 0.333. The number of fused-ring (bicyclic) bond motifs is 1. The maximum absolute atomic E-state index is 5.17. The van der Waals surface area contributed by atoms with Gasteiger partial charge in [0.15, 0.2) is 11.5 Å². The van der Waals surface area contributed by atoms with E-state index >= 15 is 0 Å². The largest absolute Gasteiger partial charge is 0.361 e. The number of hydrogen-bond donors (Lipinski definition) is 1. The van der Waals surface area contributed by atoms with Crippen LogP contribution in [-0.4, -0.2) is 32.1 Å². The molecular formula is C12H14N6O. The Hall–Kier alpha value is -2.44. The van der Waals surface area contributed by atoms with Gasteiger partial charge in [-0.05, 0) is 13.8 Å². The minimum atomic E-state index is 0.663. The SMILES string of the molecule is Cc1noc(C)c1CN(C)c1ncnc2nc[nH]c12. The molecule has 0 unspecified atom stereocenters. The highest BCUT2D eigenvalue weighted by Crippen LogP contribution is 2.22. The number of rotatable bonds is 3. The minimum absolute atomic E-state index is 0.663. The number of hydrogen-bond acceptors (Lipinski definition) is 6. The first-order valence-electron chi connectivity index (χ1n) is 5.93. The Kier molecular flexibility index (Phi) is 2.66. The van der Waals surface area contributed by atoms with Crippen LogP contribution in [0.15, 0.2) is 17.2 Å². The third kappa shape index (κ3) is 1.92. The van der Waals surface area contributed by atoms with E-state index in [4.69, 9.17) is 4.52 Å². The molecule has 0 atom stereocenters. The topological polar surface area (TPSA) is 83.7 Å². The van der Waals surface area contributed by atoms with Crippen molar-refractivity contribution in [3.63, 3.8) is 0 Å². The van der Waals surface area contributed by atoms with Gasteiger partial charge in [-0.1, -0.05) is 5.16 Å². The van der Waals surface area contributed by atoms with Gasteiger partial charge in [-0.2, -0.15) is 0 Å². The standard InChI is InChI=1S/C12H14N6O/c1-7-9(8(2)19-17-7)4-18(3)12-10-11(14-5-13-10)15-6-16-12/h5-6H,4H2,1-3H3,(H,13,14,15,16). The average molecular weight is 258 g/mol. The van der Waals surface area contributed by atoms with Gasteiger partial charge < -0.3 is 14.4 Å². The summed E-state index contributed by atoms with van der Waals surface area (Å²) in [6.07, 6.45) is 3.13. The molecule has 0 fully saturated rings. The van der Waals surface area contributed by atoms with E-state index in [1.54, 1.807) is 6.33 Å². The van der Waals surface area contributed by atoms with E-state index in [-0.39, 0.29) is 0 Å². The molecule has 19 heavy (non-hydrogen) atoms. The van der Waals surface area contributed by atoms with Gasteiger partial charge in [0.1, 0.15) is 17.6 Å². The highest BCUT2D eigenvalue weighted by Gasteiger charge is 2.15. The molecule has 98 valence electrons. The van der Waals surface area contributed by atoms with Crippen LogP contribution < -0.4 is 4.90 Å². The Balaban J connectivity index is 1.96. The van der Waals surface area contributed by atoms with E-state index in [0.717, 1.165) is 28.4 Å². The van der Waals surface area contributed by atoms with Crippen molar-refractivity contribution in [2.24, 2.45) is 0 Å². The summed E-state index contributed by atoms with van der Waals surface area (Å²) in [6.45, 7) is 4.52. The van der Waals surface area contributed by atoms with Crippen molar-refractivity contribution in [1.82, 2.24) is 25.1 Å². The van der Waals surface area contributed by atoms with Gasteiger partial charge in [0, 0.05) is 19.2 Å². The van der Waals surface area contributed by atoms with Crippen LogP contribution in [0, 0.1) is 13.8 Å². The molecule has 0 saturated heterocycles. The zero-order chi connectivity index (χ0) is 13.4. The van der Waals surface area contributed by atoms with Crippen molar-refractivity contribution < 1.29 is 4.52 Å². The van der Waals surface area contributed by atoms with Crippen molar-refractivity contribution in [1.29, 1.82) is 0 Å². The summed E-state index contributed by atoms with van der Waals surface area (Å²) < 4.78 is 5.17. The van der Waals surface area contributed by atoms with Gasteiger partial charge in [-0.25, -0.2) is 15.0 Å². The third-order valence-electron chi connectivity index (χ3n) is 3.14. The Labute approximate surface area is 109 Å². The van der Waals surface area contributed by atoms with Crippen LogP contribution in [0.4, 0.5) is 5.82 Å². The summed E-state index contributed by atoms with van der Waals surface area (Å²) in [5, 5.41) is 3.96. The molecule has 3 heterocycles. The molecule has 3 aromatic heterocycles. The lowest BCUT2D eigenvalue weighted by atomic mass is 10.2. The quantitative estimate of drug-likeness (QED) is 0.768. The summed E-state index contributed by atoms with van der Waals surface area (Å²) >= 11 is 0. The summed E-state index contributed by atoms with van der Waals surface area (Å²) in [6, 6.07) is 0. The minimum Gasteiger partial charge on any atom is -0.361 e. The van der Waals surface area contributed by atoms with Crippen LogP contribution in [0.5, 0.6) is 0 Å². The van der Waals surface area contributed by atoms with Gasteiger partial charge in [0.25, 0.3) is 0 Å². The Bertz CT molecular complexity index is 696. The second kappa shape index (κ2) is 4.34. The van der Waals surface area contributed by atoms with Gasteiger partial charge in [-0.3, -0.25) is 0 Å².